The molecule has 0 aliphatic carbocycles. The van der Waals surface area contributed by atoms with Crippen LogP contribution in [-0.4, -0.2) is 24.5 Å². The largest absolute Gasteiger partial charge is 0.304 e. The van der Waals surface area contributed by atoms with Crippen molar-refractivity contribution in [3.63, 3.8) is 0 Å². The predicted molar refractivity (Wildman–Crippen MR) is 56.5 cm³/mol. The Hall–Kier alpha value is -0.0400. The molecule has 12 heavy (non-hydrogen) atoms. The highest BCUT2D eigenvalue weighted by molar-refractivity contribution is 4.60. The average molecular weight is 171 g/mol. The van der Waals surface area contributed by atoms with E-state index in [9.17, 15) is 0 Å². The van der Waals surface area contributed by atoms with E-state index in [-0.39, 0.29) is 0 Å². The third-order valence-corrected chi connectivity index (χ3v) is 2.64. The molecule has 1 nitrogen and oxygen atoms in total. The molecule has 0 radical (unpaired) electrons. The van der Waals surface area contributed by atoms with Crippen molar-refractivity contribution in [3.05, 3.63) is 0 Å². The summed E-state index contributed by atoms with van der Waals surface area (Å²) in [6.45, 7) is 10.4. The van der Waals surface area contributed by atoms with Crippen LogP contribution < -0.4 is 0 Å². The minimum Gasteiger partial charge on any atom is -0.304 e. The number of hydrogen-bond donors (Lipinski definition) is 0. The average Bonchev–Trinajstić information content (AvgIpc) is 2.00. The Morgan fingerprint density at radius 3 is 2.08 bits per heavy atom. The summed E-state index contributed by atoms with van der Waals surface area (Å²) in [6, 6.07) is 0.693. The Morgan fingerprint density at radius 2 is 1.67 bits per heavy atom. The number of nitrogens with zero attached hydrogens (tertiary/aromatic N) is 1. The first-order valence-corrected chi connectivity index (χ1v) is 5.28. The number of hydrogen-bond acceptors (Lipinski definition) is 1. The zero-order valence-electron chi connectivity index (χ0n) is 9.43. The van der Waals surface area contributed by atoms with E-state index in [1.165, 1.54) is 25.8 Å². The topological polar surface area (TPSA) is 3.24 Å². The Balaban J connectivity index is 3.40. The monoisotopic (exact) mass is 171 g/mol. The van der Waals surface area contributed by atoms with E-state index < -0.39 is 0 Å². The van der Waals surface area contributed by atoms with Gasteiger partial charge in [0.25, 0.3) is 0 Å². The molecule has 0 bridgehead atoms. The first kappa shape index (κ1) is 12.0. The molecular formula is C11H25N. The smallest absolute Gasteiger partial charge is 0.00355 e. The minimum absolute atomic E-state index is 0.693. The molecule has 0 aromatic rings. The van der Waals surface area contributed by atoms with Gasteiger partial charge in [0.15, 0.2) is 0 Å². The zero-order chi connectivity index (χ0) is 9.56. The van der Waals surface area contributed by atoms with Crippen LogP contribution in [0.15, 0.2) is 0 Å². The standard InChI is InChI=1S/C11H25N/c1-6-7-11(4)8-9-12(5)10(2)3/h10-11H,6-9H2,1-5H3. The fraction of sp³-hybridized carbons (Fsp3) is 1.00. The van der Waals surface area contributed by atoms with Gasteiger partial charge in [-0.3, -0.25) is 0 Å². The molecule has 0 aliphatic rings. The van der Waals surface area contributed by atoms with Gasteiger partial charge in [-0.25, -0.2) is 0 Å². The summed E-state index contributed by atoms with van der Waals surface area (Å²) in [7, 11) is 2.21. The quantitative estimate of drug-likeness (QED) is 0.593. The molecule has 0 spiro atoms. The van der Waals surface area contributed by atoms with Crippen molar-refractivity contribution in [2.75, 3.05) is 13.6 Å². The summed E-state index contributed by atoms with van der Waals surface area (Å²) in [4.78, 5) is 2.42. The van der Waals surface area contributed by atoms with Crippen molar-refractivity contribution in [1.29, 1.82) is 0 Å². The van der Waals surface area contributed by atoms with Gasteiger partial charge in [-0.1, -0.05) is 26.7 Å². The first-order chi connectivity index (χ1) is 5.57. The van der Waals surface area contributed by atoms with Crippen LogP contribution in [0.2, 0.25) is 0 Å². The van der Waals surface area contributed by atoms with Gasteiger partial charge in [-0.15, -0.1) is 0 Å². The highest BCUT2D eigenvalue weighted by Gasteiger charge is 2.05. The fourth-order valence-corrected chi connectivity index (χ4v) is 1.32. The molecule has 0 saturated carbocycles. The summed E-state index contributed by atoms with van der Waals surface area (Å²) in [5, 5.41) is 0. The maximum atomic E-state index is 2.42. The van der Waals surface area contributed by atoms with Gasteiger partial charge in [0.2, 0.25) is 0 Å². The van der Waals surface area contributed by atoms with Gasteiger partial charge in [-0.05, 0) is 39.8 Å². The molecular weight excluding hydrogens is 146 g/mol. The molecule has 0 heterocycles. The van der Waals surface area contributed by atoms with E-state index in [4.69, 9.17) is 0 Å². The molecule has 0 rings (SSSR count). The Labute approximate surface area is 78.1 Å². The van der Waals surface area contributed by atoms with Crippen LogP contribution in [0.4, 0.5) is 0 Å². The van der Waals surface area contributed by atoms with Crippen LogP contribution in [0.1, 0.15) is 47.0 Å². The molecule has 1 atom stereocenters. The van der Waals surface area contributed by atoms with Crippen LogP contribution in [0.5, 0.6) is 0 Å². The second kappa shape index (κ2) is 6.47. The van der Waals surface area contributed by atoms with E-state index in [0.29, 0.717) is 6.04 Å². The van der Waals surface area contributed by atoms with Crippen LogP contribution in [0.3, 0.4) is 0 Å². The summed E-state index contributed by atoms with van der Waals surface area (Å²) in [5.41, 5.74) is 0. The summed E-state index contributed by atoms with van der Waals surface area (Å²) in [5.74, 6) is 0.899. The maximum Gasteiger partial charge on any atom is 0.00355 e. The summed E-state index contributed by atoms with van der Waals surface area (Å²) < 4.78 is 0. The molecule has 0 amide bonds. The summed E-state index contributed by atoms with van der Waals surface area (Å²) in [6.07, 6.45) is 4.06. The second-order valence-electron chi connectivity index (χ2n) is 4.26. The molecule has 0 aromatic carbocycles. The second-order valence-corrected chi connectivity index (χ2v) is 4.26. The Morgan fingerprint density at radius 1 is 1.08 bits per heavy atom. The molecule has 1 unspecified atom stereocenters. The van der Waals surface area contributed by atoms with Crippen molar-refractivity contribution in [2.24, 2.45) is 5.92 Å². The van der Waals surface area contributed by atoms with Gasteiger partial charge in [0.1, 0.15) is 0 Å². The molecule has 0 aromatic heterocycles. The van der Waals surface area contributed by atoms with E-state index >= 15 is 0 Å². The van der Waals surface area contributed by atoms with Crippen molar-refractivity contribution in [1.82, 2.24) is 4.90 Å². The third-order valence-electron chi connectivity index (χ3n) is 2.64. The predicted octanol–water partition coefficient (Wildman–Crippen LogP) is 3.15. The van der Waals surface area contributed by atoms with E-state index in [1.807, 2.05) is 0 Å². The highest BCUT2D eigenvalue weighted by Crippen LogP contribution is 2.10. The van der Waals surface area contributed by atoms with Gasteiger partial charge in [-0.2, -0.15) is 0 Å². The highest BCUT2D eigenvalue weighted by atomic mass is 15.1. The Bertz CT molecular complexity index is 99.2. The van der Waals surface area contributed by atoms with Crippen LogP contribution in [-0.2, 0) is 0 Å². The lowest BCUT2D eigenvalue weighted by Gasteiger charge is -2.22. The van der Waals surface area contributed by atoms with E-state index in [1.54, 1.807) is 0 Å². The lowest BCUT2D eigenvalue weighted by Crippen LogP contribution is -2.28. The minimum atomic E-state index is 0.693. The zero-order valence-corrected chi connectivity index (χ0v) is 9.43. The summed E-state index contributed by atoms with van der Waals surface area (Å²) >= 11 is 0. The molecule has 0 aliphatic heterocycles. The lowest BCUT2D eigenvalue weighted by atomic mass is 10.0. The fourth-order valence-electron chi connectivity index (χ4n) is 1.32. The molecule has 0 N–H and O–H groups in total. The molecule has 0 saturated heterocycles. The lowest BCUT2D eigenvalue weighted by molar-refractivity contribution is 0.251. The van der Waals surface area contributed by atoms with Crippen molar-refractivity contribution < 1.29 is 0 Å². The third kappa shape index (κ3) is 5.59. The maximum absolute atomic E-state index is 2.42. The van der Waals surface area contributed by atoms with Crippen LogP contribution in [0.25, 0.3) is 0 Å². The Kier molecular flexibility index (Phi) is 6.45. The van der Waals surface area contributed by atoms with Gasteiger partial charge in [0, 0.05) is 6.04 Å². The SMILES string of the molecule is CCCC(C)CCN(C)C(C)C. The molecule has 0 fully saturated rings. The van der Waals surface area contributed by atoms with E-state index in [2.05, 4.69) is 39.6 Å². The van der Waals surface area contributed by atoms with Crippen molar-refractivity contribution >= 4 is 0 Å². The van der Waals surface area contributed by atoms with Crippen LogP contribution in [0, 0.1) is 5.92 Å². The van der Waals surface area contributed by atoms with Gasteiger partial charge >= 0.3 is 0 Å². The van der Waals surface area contributed by atoms with Crippen LogP contribution >= 0.6 is 0 Å². The van der Waals surface area contributed by atoms with Gasteiger partial charge in [0.05, 0.1) is 0 Å². The van der Waals surface area contributed by atoms with E-state index in [0.717, 1.165) is 5.92 Å². The molecule has 1 heteroatoms. The van der Waals surface area contributed by atoms with Gasteiger partial charge < -0.3 is 4.90 Å². The van der Waals surface area contributed by atoms with Crippen molar-refractivity contribution in [2.45, 2.75) is 53.0 Å². The van der Waals surface area contributed by atoms with Crippen molar-refractivity contribution in [3.8, 4) is 0 Å². The molecule has 74 valence electrons. The first-order valence-electron chi connectivity index (χ1n) is 5.28. The number of rotatable bonds is 6. The normalized spacial score (nSPS) is 14.2.